The molecule has 1 aromatic rings. The van der Waals surface area contributed by atoms with Crippen LogP contribution in [0.25, 0.3) is 0 Å². The van der Waals surface area contributed by atoms with Crippen LogP contribution in [-0.2, 0) is 18.9 Å². The molecule has 1 aromatic carbocycles. The van der Waals surface area contributed by atoms with Crippen molar-refractivity contribution in [2.45, 2.75) is 6.29 Å². The summed E-state index contributed by atoms with van der Waals surface area (Å²) < 4.78 is 37.3. The van der Waals surface area contributed by atoms with Crippen LogP contribution < -0.4 is 4.74 Å². The van der Waals surface area contributed by atoms with Gasteiger partial charge >= 0.3 is 0 Å². The zero-order valence-electron chi connectivity index (χ0n) is 11.6. The summed E-state index contributed by atoms with van der Waals surface area (Å²) >= 11 is 0. The van der Waals surface area contributed by atoms with E-state index in [-0.39, 0.29) is 6.61 Å². The quantitative estimate of drug-likeness (QED) is 0.435. The zero-order valence-corrected chi connectivity index (χ0v) is 11.6. The minimum atomic E-state index is -0.894. The molecule has 0 amide bonds. The van der Waals surface area contributed by atoms with Crippen LogP contribution in [0, 0.1) is 0 Å². The summed E-state index contributed by atoms with van der Waals surface area (Å²) in [6, 6.07) is 9.53. The second-order valence-electron chi connectivity index (χ2n) is 3.79. The Balaban J connectivity index is 1.90. The lowest BCUT2D eigenvalue weighted by atomic mass is 10.3. The van der Waals surface area contributed by atoms with Crippen molar-refractivity contribution in [1.29, 1.82) is 0 Å². The van der Waals surface area contributed by atoms with Gasteiger partial charge in [0.15, 0.2) is 13.2 Å². The fourth-order valence-electron chi connectivity index (χ4n) is 1.39. The summed E-state index contributed by atoms with van der Waals surface area (Å²) in [4.78, 5) is 0. The van der Waals surface area contributed by atoms with E-state index in [1.165, 1.54) is 7.11 Å². The summed E-state index contributed by atoms with van der Waals surface area (Å²) in [5, 5.41) is 0. The molecule has 5 nitrogen and oxygen atoms in total. The highest BCUT2D eigenvalue weighted by Crippen LogP contribution is 2.07. The summed E-state index contributed by atoms with van der Waals surface area (Å²) in [5.41, 5.74) is 0. The third kappa shape index (κ3) is 8.06. The van der Waals surface area contributed by atoms with Gasteiger partial charge < -0.3 is 23.7 Å². The lowest BCUT2D eigenvalue weighted by Gasteiger charge is -2.14. The van der Waals surface area contributed by atoms with Crippen LogP contribution in [0.15, 0.2) is 30.3 Å². The van der Waals surface area contributed by atoms with Crippen LogP contribution in [0.5, 0.6) is 5.75 Å². The van der Waals surface area contributed by atoms with E-state index in [4.69, 9.17) is 18.9 Å². The highest BCUT2D eigenvalue weighted by molar-refractivity contribution is 5.20. The van der Waals surface area contributed by atoms with Crippen LogP contribution in [0.3, 0.4) is 0 Å². The van der Waals surface area contributed by atoms with E-state index in [9.17, 15) is 4.39 Å². The highest BCUT2D eigenvalue weighted by Gasteiger charge is 2.06. The molecule has 0 fully saturated rings. The van der Waals surface area contributed by atoms with E-state index in [1.54, 1.807) is 0 Å². The van der Waals surface area contributed by atoms with E-state index in [0.29, 0.717) is 26.4 Å². The largest absolute Gasteiger partial charge is 0.491 e. The number of methoxy groups -OCH3 is 1. The van der Waals surface area contributed by atoms with Crippen LogP contribution >= 0.6 is 0 Å². The third-order valence-electron chi connectivity index (χ3n) is 2.38. The van der Waals surface area contributed by atoms with Gasteiger partial charge in [-0.15, -0.1) is 0 Å². The fraction of sp³-hybridized carbons (Fsp3) is 0.571. The molecule has 6 heteroatoms. The molecule has 0 saturated carbocycles. The summed E-state index contributed by atoms with van der Waals surface area (Å²) in [5.74, 6) is 0.818. The van der Waals surface area contributed by atoms with Crippen molar-refractivity contribution in [3.8, 4) is 5.75 Å². The first-order valence-electron chi connectivity index (χ1n) is 6.40. The first kappa shape index (κ1) is 16.8. The molecule has 0 bridgehead atoms. The minimum Gasteiger partial charge on any atom is -0.491 e. The highest BCUT2D eigenvalue weighted by atomic mass is 19.1. The number of hydrogen-bond donors (Lipinski definition) is 0. The van der Waals surface area contributed by atoms with Gasteiger partial charge in [0, 0.05) is 7.11 Å². The summed E-state index contributed by atoms with van der Waals surface area (Å²) in [7, 11) is 1.43. The maximum atomic E-state index is 11.9. The molecule has 20 heavy (non-hydrogen) atoms. The molecule has 0 heterocycles. The van der Waals surface area contributed by atoms with Gasteiger partial charge in [-0.2, -0.15) is 0 Å². The predicted molar refractivity (Wildman–Crippen MR) is 71.4 cm³/mol. The van der Waals surface area contributed by atoms with Gasteiger partial charge in [0.05, 0.1) is 26.4 Å². The standard InChI is InChI=1S/C14H21FO5/c1-16-14(20-12-15)11-18-8-7-17-9-10-19-13-5-3-2-4-6-13/h2-6,14H,7-12H2,1H3. The van der Waals surface area contributed by atoms with Gasteiger partial charge in [-0.1, -0.05) is 18.2 Å². The van der Waals surface area contributed by atoms with E-state index < -0.39 is 13.2 Å². The Labute approximate surface area is 118 Å². The molecule has 0 aromatic heterocycles. The lowest BCUT2D eigenvalue weighted by Crippen LogP contribution is -2.23. The van der Waals surface area contributed by atoms with Crippen LogP contribution in [0.4, 0.5) is 4.39 Å². The number of alkyl halides is 1. The van der Waals surface area contributed by atoms with Gasteiger partial charge in [-0.05, 0) is 12.1 Å². The summed E-state index contributed by atoms with van der Waals surface area (Å²) in [6.45, 7) is 1.06. The molecule has 0 aliphatic heterocycles. The maximum Gasteiger partial charge on any atom is 0.191 e. The van der Waals surface area contributed by atoms with Gasteiger partial charge in [0.1, 0.15) is 12.4 Å². The first-order chi connectivity index (χ1) is 9.86. The number of hydrogen-bond acceptors (Lipinski definition) is 5. The van der Waals surface area contributed by atoms with E-state index >= 15 is 0 Å². The average Bonchev–Trinajstić information content (AvgIpc) is 2.49. The van der Waals surface area contributed by atoms with Crippen molar-refractivity contribution in [2.24, 2.45) is 0 Å². The molecule has 1 rings (SSSR count). The molecule has 0 aliphatic carbocycles. The normalized spacial score (nSPS) is 12.3. The van der Waals surface area contributed by atoms with Crippen LogP contribution in [-0.4, -0.2) is 53.3 Å². The lowest BCUT2D eigenvalue weighted by molar-refractivity contribution is -0.177. The van der Waals surface area contributed by atoms with Crippen molar-refractivity contribution in [3.63, 3.8) is 0 Å². The Morgan fingerprint density at radius 1 is 1.00 bits per heavy atom. The van der Waals surface area contributed by atoms with Crippen LogP contribution in [0.2, 0.25) is 0 Å². The number of benzene rings is 1. The zero-order chi connectivity index (χ0) is 14.5. The Kier molecular flexibility index (Phi) is 9.77. The molecule has 0 spiro atoms. The third-order valence-corrected chi connectivity index (χ3v) is 2.38. The fourth-order valence-corrected chi connectivity index (χ4v) is 1.39. The van der Waals surface area contributed by atoms with Gasteiger partial charge in [-0.25, -0.2) is 4.39 Å². The van der Waals surface area contributed by atoms with Crippen molar-refractivity contribution in [3.05, 3.63) is 30.3 Å². The van der Waals surface area contributed by atoms with Crippen molar-refractivity contribution >= 4 is 0 Å². The van der Waals surface area contributed by atoms with Crippen molar-refractivity contribution in [2.75, 3.05) is 47.0 Å². The SMILES string of the molecule is COC(COCCOCCOc1ccccc1)OCF. The second kappa shape index (κ2) is 11.6. The van der Waals surface area contributed by atoms with Gasteiger partial charge in [0.25, 0.3) is 0 Å². The average molecular weight is 288 g/mol. The van der Waals surface area contributed by atoms with Crippen LogP contribution in [0.1, 0.15) is 0 Å². The summed E-state index contributed by atoms with van der Waals surface area (Å²) in [6.07, 6.45) is -0.679. The predicted octanol–water partition coefficient (Wildman–Crippen LogP) is 2.01. The number of halogens is 1. The topological polar surface area (TPSA) is 46.2 Å². The number of rotatable bonds is 12. The molecule has 0 N–H and O–H groups in total. The smallest absolute Gasteiger partial charge is 0.191 e. The molecule has 0 aliphatic rings. The number of para-hydroxylation sites is 1. The molecular formula is C14H21FO5. The van der Waals surface area contributed by atoms with Gasteiger partial charge in [-0.3, -0.25) is 0 Å². The first-order valence-corrected chi connectivity index (χ1v) is 6.40. The van der Waals surface area contributed by atoms with E-state index in [1.807, 2.05) is 30.3 Å². The Hall–Kier alpha value is -1.21. The monoisotopic (exact) mass is 288 g/mol. The van der Waals surface area contributed by atoms with Crippen molar-refractivity contribution in [1.82, 2.24) is 0 Å². The van der Waals surface area contributed by atoms with E-state index in [2.05, 4.69) is 4.74 Å². The molecule has 1 unspecified atom stereocenters. The molecule has 0 radical (unpaired) electrons. The Bertz CT molecular complexity index is 323. The maximum absolute atomic E-state index is 11.9. The number of ether oxygens (including phenoxy) is 5. The molecular weight excluding hydrogens is 267 g/mol. The van der Waals surface area contributed by atoms with E-state index in [0.717, 1.165) is 5.75 Å². The van der Waals surface area contributed by atoms with Crippen molar-refractivity contribution < 1.29 is 28.1 Å². The minimum absolute atomic E-state index is 0.171. The molecule has 1 atom stereocenters. The Morgan fingerprint density at radius 2 is 1.70 bits per heavy atom. The van der Waals surface area contributed by atoms with Gasteiger partial charge in [0.2, 0.25) is 0 Å². The second-order valence-corrected chi connectivity index (χ2v) is 3.79. The molecule has 114 valence electrons. The molecule has 0 saturated heterocycles. The Morgan fingerprint density at radius 3 is 2.40 bits per heavy atom.